The zero-order chi connectivity index (χ0) is 13.0. The summed E-state index contributed by atoms with van der Waals surface area (Å²) in [5, 5.41) is 14.2. The zero-order valence-corrected chi connectivity index (χ0v) is 11.0. The van der Waals surface area contributed by atoms with Gasteiger partial charge in [-0.2, -0.15) is 0 Å². The molecule has 5 nitrogen and oxygen atoms in total. The molecule has 0 amide bonds. The largest absolute Gasteiger partial charge is 0.480 e. The van der Waals surface area contributed by atoms with E-state index in [0.29, 0.717) is 30.5 Å². The van der Waals surface area contributed by atoms with E-state index in [-0.39, 0.29) is 0 Å². The molecular weight excluding hydrogens is 230 g/mol. The normalized spacial score (nSPS) is 28.1. The van der Waals surface area contributed by atoms with Crippen molar-refractivity contribution in [3.8, 4) is 5.88 Å². The fourth-order valence-corrected chi connectivity index (χ4v) is 2.62. The Morgan fingerprint density at radius 1 is 1.39 bits per heavy atom. The Kier molecular flexibility index (Phi) is 4.14. The van der Waals surface area contributed by atoms with Crippen molar-refractivity contribution < 1.29 is 9.84 Å². The number of hydrogen-bond acceptors (Lipinski definition) is 5. The van der Waals surface area contributed by atoms with Crippen LogP contribution in [0.1, 0.15) is 38.3 Å². The first-order chi connectivity index (χ1) is 8.69. The summed E-state index contributed by atoms with van der Waals surface area (Å²) in [7, 11) is 1.56. The van der Waals surface area contributed by atoms with Crippen LogP contribution in [0.4, 0.5) is 0 Å². The van der Waals surface area contributed by atoms with E-state index in [9.17, 15) is 5.11 Å². The number of ether oxygens (including phenoxy) is 1. The Morgan fingerprint density at radius 2 is 2.06 bits per heavy atom. The summed E-state index contributed by atoms with van der Waals surface area (Å²) in [4.78, 5) is 8.37. The Morgan fingerprint density at radius 3 is 2.67 bits per heavy atom. The molecule has 5 heteroatoms. The van der Waals surface area contributed by atoms with E-state index in [2.05, 4.69) is 22.2 Å². The van der Waals surface area contributed by atoms with Crippen molar-refractivity contribution in [2.24, 2.45) is 0 Å². The molecule has 2 rings (SSSR count). The average molecular weight is 251 g/mol. The molecule has 2 N–H and O–H groups in total. The van der Waals surface area contributed by atoms with Crippen molar-refractivity contribution in [3.05, 3.63) is 18.1 Å². The van der Waals surface area contributed by atoms with Gasteiger partial charge in [-0.15, -0.1) is 0 Å². The Hall–Kier alpha value is -1.20. The maximum absolute atomic E-state index is 10.7. The second kappa shape index (κ2) is 5.63. The Balaban J connectivity index is 2.13. The van der Waals surface area contributed by atoms with E-state index in [0.717, 1.165) is 19.4 Å². The maximum atomic E-state index is 10.7. The van der Waals surface area contributed by atoms with E-state index in [4.69, 9.17) is 4.74 Å². The Labute approximate surface area is 108 Å². The lowest BCUT2D eigenvalue weighted by molar-refractivity contribution is -0.0145. The monoisotopic (exact) mass is 251 g/mol. The third kappa shape index (κ3) is 2.62. The van der Waals surface area contributed by atoms with Gasteiger partial charge in [0.25, 0.3) is 0 Å². The number of methoxy groups -OCH3 is 1. The lowest BCUT2D eigenvalue weighted by atomic mass is 9.80. The summed E-state index contributed by atoms with van der Waals surface area (Å²) in [6.45, 7) is 3.07. The van der Waals surface area contributed by atoms with Crippen LogP contribution < -0.4 is 10.1 Å². The molecule has 1 saturated carbocycles. The van der Waals surface area contributed by atoms with Crippen LogP contribution in [0.25, 0.3) is 0 Å². The molecule has 0 atom stereocenters. The molecule has 0 unspecified atom stereocenters. The van der Waals surface area contributed by atoms with Crippen molar-refractivity contribution in [1.82, 2.24) is 15.3 Å². The predicted molar refractivity (Wildman–Crippen MR) is 68.4 cm³/mol. The van der Waals surface area contributed by atoms with Crippen LogP contribution in [0.3, 0.4) is 0 Å². The van der Waals surface area contributed by atoms with Gasteiger partial charge in [0.2, 0.25) is 5.88 Å². The molecule has 1 aromatic rings. The van der Waals surface area contributed by atoms with Gasteiger partial charge < -0.3 is 15.2 Å². The number of aromatic nitrogens is 2. The molecular formula is C13H21N3O2. The molecule has 0 bridgehead atoms. The van der Waals surface area contributed by atoms with Gasteiger partial charge >= 0.3 is 0 Å². The van der Waals surface area contributed by atoms with Gasteiger partial charge in [-0.3, -0.25) is 4.98 Å². The molecule has 1 aromatic heterocycles. The van der Waals surface area contributed by atoms with Crippen molar-refractivity contribution in [1.29, 1.82) is 0 Å². The van der Waals surface area contributed by atoms with E-state index in [1.165, 1.54) is 0 Å². The molecule has 100 valence electrons. The first-order valence-electron chi connectivity index (χ1n) is 6.51. The van der Waals surface area contributed by atoms with Gasteiger partial charge in [-0.05, 0) is 32.2 Å². The first-order valence-corrected chi connectivity index (χ1v) is 6.51. The third-order valence-corrected chi connectivity index (χ3v) is 3.60. The van der Waals surface area contributed by atoms with Crippen LogP contribution in [0.15, 0.2) is 12.4 Å². The van der Waals surface area contributed by atoms with E-state index in [1.807, 2.05) is 0 Å². The molecule has 1 fully saturated rings. The summed E-state index contributed by atoms with van der Waals surface area (Å²) in [6, 6.07) is 0.498. The highest BCUT2D eigenvalue weighted by Crippen LogP contribution is 2.39. The fraction of sp³-hybridized carbons (Fsp3) is 0.692. The summed E-state index contributed by atoms with van der Waals surface area (Å²) in [5.41, 5.74) is -0.326. The topological polar surface area (TPSA) is 67.3 Å². The maximum Gasteiger partial charge on any atom is 0.238 e. The second-order valence-electron chi connectivity index (χ2n) is 4.78. The zero-order valence-electron chi connectivity index (χ0n) is 11.0. The van der Waals surface area contributed by atoms with Crippen LogP contribution >= 0.6 is 0 Å². The minimum atomic E-state index is -0.897. The lowest BCUT2D eigenvalue weighted by Gasteiger charge is -2.36. The highest BCUT2D eigenvalue weighted by Gasteiger charge is 2.38. The minimum Gasteiger partial charge on any atom is -0.480 e. The summed E-state index contributed by atoms with van der Waals surface area (Å²) < 4.78 is 5.19. The van der Waals surface area contributed by atoms with Gasteiger partial charge in [0.15, 0.2) is 0 Å². The van der Waals surface area contributed by atoms with Crippen molar-refractivity contribution in [3.63, 3.8) is 0 Å². The van der Waals surface area contributed by atoms with Crippen LogP contribution in [0.5, 0.6) is 5.88 Å². The first kappa shape index (κ1) is 13.2. The van der Waals surface area contributed by atoms with Gasteiger partial charge in [0, 0.05) is 18.4 Å². The molecule has 1 aliphatic rings. The summed E-state index contributed by atoms with van der Waals surface area (Å²) in [6.07, 6.45) is 6.47. The lowest BCUT2D eigenvalue weighted by Crippen LogP contribution is -2.40. The fourth-order valence-electron chi connectivity index (χ4n) is 2.62. The van der Waals surface area contributed by atoms with E-state index < -0.39 is 5.60 Å². The van der Waals surface area contributed by atoms with Gasteiger partial charge in [0.1, 0.15) is 11.3 Å². The minimum absolute atomic E-state index is 0.432. The van der Waals surface area contributed by atoms with E-state index >= 15 is 0 Å². The highest BCUT2D eigenvalue weighted by molar-refractivity contribution is 5.25. The smallest absolute Gasteiger partial charge is 0.238 e. The molecule has 0 spiro atoms. The Bertz CT molecular complexity index is 390. The molecule has 1 heterocycles. The van der Waals surface area contributed by atoms with Gasteiger partial charge in [-0.1, -0.05) is 6.92 Å². The number of nitrogens with one attached hydrogen (secondary N) is 1. The number of rotatable bonds is 4. The van der Waals surface area contributed by atoms with Crippen LogP contribution in [0.2, 0.25) is 0 Å². The molecule has 0 saturated heterocycles. The predicted octanol–water partition coefficient (Wildman–Crippen LogP) is 1.22. The summed E-state index contributed by atoms with van der Waals surface area (Å²) >= 11 is 0. The molecule has 18 heavy (non-hydrogen) atoms. The third-order valence-electron chi connectivity index (χ3n) is 3.60. The molecule has 1 aliphatic carbocycles. The molecule has 0 aromatic carbocycles. The van der Waals surface area contributed by atoms with Crippen LogP contribution in [0, 0.1) is 0 Å². The van der Waals surface area contributed by atoms with Gasteiger partial charge in [-0.25, -0.2) is 4.98 Å². The van der Waals surface area contributed by atoms with Crippen molar-refractivity contribution in [2.45, 2.75) is 44.2 Å². The van der Waals surface area contributed by atoms with Crippen molar-refractivity contribution in [2.75, 3.05) is 13.7 Å². The SMILES string of the molecule is CCNC1CCC(O)(c2nccnc2OC)CC1. The average Bonchev–Trinajstić information content (AvgIpc) is 2.42. The van der Waals surface area contributed by atoms with Gasteiger partial charge in [0.05, 0.1) is 7.11 Å². The van der Waals surface area contributed by atoms with Crippen LogP contribution in [-0.2, 0) is 5.60 Å². The number of aliphatic hydroxyl groups is 1. The van der Waals surface area contributed by atoms with Crippen molar-refractivity contribution >= 4 is 0 Å². The number of hydrogen-bond donors (Lipinski definition) is 2. The molecule has 0 aliphatic heterocycles. The standard InChI is InChI=1S/C13H21N3O2/c1-3-14-10-4-6-13(17,7-5-10)11-12(18-2)16-9-8-15-11/h8-10,14,17H,3-7H2,1-2H3. The highest BCUT2D eigenvalue weighted by atomic mass is 16.5. The van der Waals surface area contributed by atoms with Crippen LogP contribution in [-0.4, -0.2) is 34.8 Å². The van der Waals surface area contributed by atoms with E-state index in [1.54, 1.807) is 19.5 Å². The number of nitrogens with zero attached hydrogens (tertiary/aromatic N) is 2. The summed E-state index contributed by atoms with van der Waals surface area (Å²) in [5.74, 6) is 0.432. The second-order valence-corrected chi connectivity index (χ2v) is 4.78. The quantitative estimate of drug-likeness (QED) is 0.842. The molecule has 0 radical (unpaired) electrons.